The highest BCUT2D eigenvalue weighted by Crippen LogP contribution is 2.42. The second kappa shape index (κ2) is 10.7. The van der Waals surface area contributed by atoms with Crippen LogP contribution in [0.1, 0.15) is 43.6 Å². The maximum Gasteiger partial charge on any atom is 0.249 e. The molecule has 0 atom stereocenters. The highest BCUT2D eigenvalue weighted by atomic mass is 19.1. The van der Waals surface area contributed by atoms with Crippen LogP contribution in [0.25, 0.3) is 0 Å². The topological polar surface area (TPSA) is 15.3 Å². The summed E-state index contributed by atoms with van der Waals surface area (Å²) in [5, 5.41) is 3.82. The van der Waals surface area contributed by atoms with Gasteiger partial charge < -0.3 is 10.2 Å². The largest absolute Gasteiger partial charge is 0.356 e. The normalized spacial score (nSPS) is 14.9. The molecular formula is C36H32BFN2. The summed E-state index contributed by atoms with van der Waals surface area (Å²) in [6.45, 7) is -0.0432. The molecule has 1 heterocycles. The fourth-order valence-electron chi connectivity index (χ4n) is 6.69. The molecular weight excluding hydrogens is 490 g/mol. The first-order chi connectivity index (χ1) is 19.8. The Labute approximate surface area is 236 Å². The van der Waals surface area contributed by atoms with Crippen molar-refractivity contribution in [2.24, 2.45) is 0 Å². The van der Waals surface area contributed by atoms with E-state index in [-0.39, 0.29) is 12.5 Å². The number of nitrogens with zero attached hydrogens (tertiary/aromatic N) is 1. The average molecular weight is 522 g/mol. The van der Waals surface area contributed by atoms with Gasteiger partial charge in [0.05, 0.1) is 0 Å². The Morgan fingerprint density at radius 2 is 1.35 bits per heavy atom. The van der Waals surface area contributed by atoms with Crippen molar-refractivity contribution in [3.63, 3.8) is 0 Å². The lowest BCUT2D eigenvalue weighted by Crippen LogP contribution is -2.58. The molecule has 0 aromatic heterocycles. The van der Waals surface area contributed by atoms with Gasteiger partial charge in [0.1, 0.15) is 5.82 Å². The van der Waals surface area contributed by atoms with Crippen LogP contribution in [0, 0.1) is 5.82 Å². The highest BCUT2D eigenvalue weighted by molar-refractivity contribution is 6.98. The summed E-state index contributed by atoms with van der Waals surface area (Å²) in [5.41, 5.74) is 10.1. The van der Waals surface area contributed by atoms with E-state index in [0.29, 0.717) is 5.92 Å². The Bertz CT molecular complexity index is 1620. The summed E-state index contributed by atoms with van der Waals surface area (Å²) in [7, 11) is 0. The Morgan fingerprint density at radius 3 is 2.08 bits per heavy atom. The second-order valence-electron chi connectivity index (χ2n) is 11.0. The van der Waals surface area contributed by atoms with Gasteiger partial charge in [-0.2, -0.15) is 0 Å². The van der Waals surface area contributed by atoms with Gasteiger partial charge in [0.15, 0.2) is 0 Å². The smallest absolute Gasteiger partial charge is 0.249 e. The number of nitrogens with one attached hydrogen (secondary N) is 1. The van der Waals surface area contributed by atoms with Crippen LogP contribution in [0.2, 0.25) is 0 Å². The molecule has 0 amide bonds. The first-order valence-corrected chi connectivity index (χ1v) is 14.5. The molecule has 5 aromatic carbocycles. The van der Waals surface area contributed by atoms with Crippen molar-refractivity contribution in [3.05, 3.63) is 133 Å². The average Bonchev–Trinajstić information content (AvgIpc) is 3.01. The van der Waals surface area contributed by atoms with Crippen LogP contribution in [0.15, 0.2) is 121 Å². The molecule has 1 aliphatic heterocycles. The molecule has 4 heteroatoms. The van der Waals surface area contributed by atoms with Gasteiger partial charge in [-0.25, -0.2) is 4.39 Å². The van der Waals surface area contributed by atoms with Gasteiger partial charge in [-0.15, -0.1) is 0 Å². The van der Waals surface area contributed by atoms with Gasteiger partial charge in [0.25, 0.3) is 0 Å². The number of hydrogen-bond acceptors (Lipinski definition) is 2. The number of hydrogen-bond donors (Lipinski definition) is 1. The first kappa shape index (κ1) is 24.7. The number of rotatable bonds is 5. The monoisotopic (exact) mass is 522 g/mol. The lowest BCUT2D eigenvalue weighted by molar-refractivity contribution is 0.444. The van der Waals surface area contributed by atoms with Gasteiger partial charge >= 0.3 is 0 Å². The zero-order valence-electron chi connectivity index (χ0n) is 22.6. The van der Waals surface area contributed by atoms with E-state index >= 15 is 0 Å². The fourth-order valence-corrected chi connectivity index (χ4v) is 6.69. The maximum absolute atomic E-state index is 15.0. The molecule has 0 spiro atoms. The summed E-state index contributed by atoms with van der Waals surface area (Å²) in [5.74, 6) is 0.304. The van der Waals surface area contributed by atoms with E-state index in [0.717, 1.165) is 33.9 Å². The van der Waals surface area contributed by atoms with Crippen LogP contribution in [0.4, 0.5) is 32.8 Å². The molecule has 0 saturated heterocycles. The fraction of sp³-hybridized carbons (Fsp3) is 0.167. The number of anilines is 5. The summed E-state index contributed by atoms with van der Waals surface area (Å²) < 4.78 is 15.0. The van der Waals surface area contributed by atoms with Crippen LogP contribution in [0.5, 0.6) is 0 Å². The molecule has 1 aliphatic carbocycles. The van der Waals surface area contributed by atoms with Crippen LogP contribution < -0.4 is 26.6 Å². The van der Waals surface area contributed by atoms with E-state index in [1.54, 1.807) is 12.1 Å². The molecule has 0 unspecified atom stereocenters. The van der Waals surface area contributed by atoms with Crippen LogP contribution >= 0.6 is 0 Å². The molecule has 5 aromatic rings. The molecule has 7 rings (SSSR count). The van der Waals surface area contributed by atoms with Gasteiger partial charge in [-0.05, 0) is 83.8 Å². The number of fused-ring (bicyclic) bond motifs is 2. The summed E-state index contributed by atoms with van der Waals surface area (Å²) >= 11 is 0. The standard InChI is InChI=1S/C36H32BFN2/c38-29-21-22-32-34(25-29)40(31-19-11-4-12-20-31)35-24-27(26-13-5-1-6-14-26)23-33(39-30-17-9-3-10-18-30)36(35)37(32)28-15-7-2-8-16-28/h2-4,7-12,15-26,39H,1,5-6,13-14H2. The summed E-state index contributed by atoms with van der Waals surface area (Å²) in [4.78, 5) is 2.27. The third kappa shape index (κ3) is 4.58. The van der Waals surface area contributed by atoms with Gasteiger partial charge in [0.2, 0.25) is 6.71 Å². The van der Waals surface area contributed by atoms with Crippen molar-refractivity contribution in [2.45, 2.75) is 38.0 Å². The van der Waals surface area contributed by atoms with Gasteiger partial charge in [-0.3, -0.25) is 0 Å². The van der Waals surface area contributed by atoms with Crippen molar-refractivity contribution in [1.29, 1.82) is 0 Å². The van der Waals surface area contributed by atoms with Crippen molar-refractivity contribution >= 4 is 51.5 Å². The lowest BCUT2D eigenvalue weighted by Gasteiger charge is -2.39. The van der Waals surface area contributed by atoms with Crippen molar-refractivity contribution in [2.75, 3.05) is 10.2 Å². The molecule has 0 radical (unpaired) electrons. The predicted molar refractivity (Wildman–Crippen MR) is 168 cm³/mol. The SMILES string of the molecule is Fc1ccc2c(c1)N(c1ccccc1)c1cc(C3CCCCC3)cc(Nc3ccccc3)c1B2c1ccccc1. The predicted octanol–water partition coefficient (Wildman–Crippen LogP) is 7.92. The van der Waals surface area contributed by atoms with E-state index in [1.807, 2.05) is 18.2 Å². The Kier molecular flexibility index (Phi) is 6.61. The Morgan fingerprint density at radius 1 is 0.675 bits per heavy atom. The third-order valence-corrected chi connectivity index (χ3v) is 8.53. The zero-order chi connectivity index (χ0) is 26.9. The minimum absolute atomic E-state index is 0.0432. The number of halogens is 1. The van der Waals surface area contributed by atoms with Gasteiger partial charge in [0, 0.05) is 28.4 Å². The lowest BCUT2D eigenvalue weighted by atomic mass is 9.34. The second-order valence-corrected chi connectivity index (χ2v) is 11.0. The number of benzene rings is 5. The van der Waals surface area contributed by atoms with E-state index < -0.39 is 0 Å². The molecule has 2 nitrogen and oxygen atoms in total. The molecule has 0 bridgehead atoms. The summed E-state index contributed by atoms with van der Waals surface area (Å²) in [6.07, 6.45) is 6.28. The number of para-hydroxylation sites is 2. The molecule has 40 heavy (non-hydrogen) atoms. The minimum Gasteiger partial charge on any atom is -0.356 e. The van der Waals surface area contributed by atoms with Crippen molar-refractivity contribution < 1.29 is 4.39 Å². The molecule has 1 saturated carbocycles. The van der Waals surface area contributed by atoms with Crippen LogP contribution in [-0.2, 0) is 0 Å². The van der Waals surface area contributed by atoms with E-state index in [2.05, 4.69) is 101 Å². The van der Waals surface area contributed by atoms with Gasteiger partial charge in [-0.1, -0.05) is 97.5 Å². The first-order valence-electron chi connectivity index (χ1n) is 14.5. The molecule has 196 valence electrons. The zero-order valence-corrected chi connectivity index (χ0v) is 22.6. The third-order valence-electron chi connectivity index (χ3n) is 8.53. The maximum atomic E-state index is 15.0. The van der Waals surface area contributed by atoms with E-state index in [9.17, 15) is 4.39 Å². The van der Waals surface area contributed by atoms with Crippen LogP contribution in [0.3, 0.4) is 0 Å². The Balaban J connectivity index is 1.53. The molecule has 2 aliphatic rings. The minimum atomic E-state index is -0.221. The molecule has 1 N–H and O–H groups in total. The van der Waals surface area contributed by atoms with Crippen molar-refractivity contribution in [1.82, 2.24) is 0 Å². The van der Waals surface area contributed by atoms with E-state index in [4.69, 9.17) is 0 Å². The quantitative estimate of drug-likeness (QED) is 0.232. The summed E-state index contributed by atoms with van der Waals surface area (Å²) in [6, 6.07) is 41.6. The highest BCUT2D eigenvalue weighted by Gasteiger charge is 2.38. The van der Waals surface area contributed by atoms with E-state index in [1.165, 1.54) is 48.6 Å². The van der Waals surface area contributed by atoms with Crippen LogP contribution in [-0.4, -0.2) is 6.71 Å². The van der Waals surface area contributed by atoms with Crippen molar-refractivity contribution in [3.8, 4) is 0 Å². The Hall–Kier alpha value is -4.31. The molecule has 1 fully saturated rings.